The van der Waals surface area contributed by atoms with Gasteiger partial charge in [-0.2, -0.15) is 0 Å². The second kappa shape index (κ2) is 11.0. The molecule has 2 unspecified atom stereocenters. The minimum atomic E-state index is -0.669. The largest absolute Gasteiger partial charge is 0.493 e. The van der Waals surface area contributed by atoms with E-state index in [1.54, 1.807) is 19.3 Å². The van der Waals surface area contributed by atoms with E-state index in [0.29, 0.717) is 47.4 Å². The number of rotatable bonds is 7. The zero-order valence-corrected chi connectivity index (χ0v) is 23.8. The van der Waals surface area contributed by atoms with Crippen molar-refractivity contribution < 1.29 is 18.7 Å². The van der Waals surface area contributed by atoms with Crippen LogP contribution in [0.2, 0.25) is 10.0 Å². The normalized spacial score (nSPS) is 24.4. The number of likely N-dealkylation sites (N-methyl/N-ethyl adjacent to an activating group) is 1. The van der Waals surface area contributed by atoms with Crippen molar-refractivity contribution in [2.24, 2.45) is 11.8 Å². The molecule has 3 aromatic rings. The fourth-order valence-corrected chi connectivity index (χ4v) is 6.32. The molecular weight excluding hydrogens is 556 g/mol. The Morgan fingerprint density at radius 1 is 1.18 bits per heavy atom. The predicted octanol–water partition coefficient (Wildman–Crippen LogP) is 5.70. The molecule has 8 nitrogen and oxygen atoms in total. The summed E-state index contributed by atoms with van der Waals surface area (Å²) in [4.78, 5) is 25.8. The number of piperidine rings is 2. The van der Waals surface area contributed by atoms with Crippen molar-refractivity contribution in [3.05, 3.63) is 58.6 Å². The molecule has 40 heavy (non-hydrogen) atoms. The van der Waals surface area contributed by atoms with E-state index < -0.39 is 5.82 Å². The molecule has 4 atom stereocenters. The Kier molecular flexibility index (Phi) is 7.46. The molecule has 11 heteroatoms. The Bertz CT molecular complexity index is 1480. The summed E-state index contributed by atoms with van der Waals surface area (Å²) < 4.78 is 26.9. The maximum absolute atomic E-state index is 14.7. The summed E-state index contributed by atoms with van der Waals surface area (Å²) in [6, 6.07) is 6.95. The number of carbonyl (C=O) groups is 1. The van der Waals surface area contributed by atoms with Crippen molar-refractivity contribution in [2.45, 2.75) is 31.4 Å². The number of aromatic nitrogens is 2. The van der Waals surface area contributed by atoms with Crippen LogP contribution >= 0.6 is 23.2 Å². The summed E-state index contributed by atoms with van der Waals surface area (Å²) in [7, 11) is 3.68. The highest BCUT2D eigenvalue weighted by molar-refractivity contribution is 6.42. The van der Waals surface area contributed by atoms with E-state index in [9.17, 15) is 9.18 Å². The predicted molar refractivity (Wildman–Crippen MR) is 153 cm³/mol. The molecule has 4 aliphatic rings. The lowest BCUT2D eigenvalue weighted by Crippen LogP contribution is -2.61. The van der Waals surface area contributed by atoms with Gasteiger partial charge in [0.15, 0.2) is 17.3 Å². The van der Waals surface area contributed by atoms with E-state index in [2.05, 4.69) is 27.2 Å². The zero-order chi connectivity index (χ0) is 28.0. The average Bonchev–Trinajstić information content (AvgIpc) is 3.38. The third-order valence-electron chi connectivity index (χ3n) is 8.27. The number of fused-ring (bicyclic) bond motifs is 3. The minimum absolute atomic E-state index is 0.0334. The van der Waals surface area contributed by atoms with Gasteiger partial charge in [0.25, 0.3) is 0 Å². The first-order valence-electron chi connectivity index (χ1n) is 13.4. The summed E-state index contributed by atoms with van der Waals surface area (Å²) in [6.07, 6.45) is 8.42. The van der Waals surface area contributed by atoms with E-state index in [4.69, 9.17) is 32.7 Å². The third kappa shape index (κ3) is 5.06. The molecule has 0 spiro atoms. The van der Waals surface area contributed by atoms with E-state index in [1.807, 2.05) is 17.0 Å². The van der Waals surface area contributed by atoms with Gasteiger partial charge in [-0.25, -0.2) is 14.4 Å². The van der Waals surface area contributed by atoms with Crippen LogP contribution in [-0.2, 0) is 4.79 Å². The SMILES string of the molecule is COc1cc2ncnc(Nc3ccc(Cl)c(Cl)c3F)c2cc1OC1[C@@H]2C[C@H]1CN(C(=O)/C=C/C1CCCN1C)C2. The molecule has 4 heterocycles. The number of hydrogen-bond acceptors (Lipinski definition) is 7. The summed E-state index contributed by atoms with van der Waals surface area (Å²) in [5.41, 5.74) is 0.743. The molecule has 1 N–H and O–H groups in total. The van der Waals surface area contributed by atoms with Gasteiger partial charge < -0.3 is 19.7 Å². The highest BCUT2D eigenvalue weighted by Gasteiger charge is 2.49. The van der Waals surface area contributed by atoms with Crippen molar-refractivity contribution in [3.63, 3.8) is 0 Å². The Morgan fingerprint density at radius 2 is 1.98 bits per heavy atom. The second-order valence-corrected chi connectivity index (χ2v) is 11.5. The van der Waals surface area contributed by atoms with Crippen LogP contribution in [0.3, 0.4) is 0 Å². The van der Waals surface area contributed by atoms with Crippen molar-refractivity contribution in [2.75, 3.05) is 39.1 Å². The van der Waals surface area contributed by atoms with Crippen LogP contribution in [0.1, 0.15) is 19.3 Å². The molecule has 3 aliphatic heterocycles. The number of benzene rings is 2. The van der Waals surface area contributed by atoms with Gasteiger partial charge >= 0.3 is 0 Å². The fraction of sp³-hybridized carbons (Fsp3) is 0.414. The van der Waals surface area contributed by atoms with Gasteiger partial charge in [-0.05, 0) is 51.1 Å². The van der Waals surface area contributed by atoms with Crippen LogP contribution in [0.4, 0.5) is 15.9 Å². The average molecular weight is 586 g/mol. The fourth-order valence-electron chi connectivity index (χ4n) is 6.01. The first-order chi connectivity index (χ1) is 19.3. The number of hydrogen-bond donors (Lipinski definition) is 1. The number of nitrogens with zero attached hydrogens (tertiary/aromatic N) is 4. The number of halogens is 3. The van der Waals surface area contributed by atoms with Gasteiger partial charge in [-0.3, -0.25) is 9.69 Å². The van der Waals surface area contributed by atoms with Gasteiger partial charge in [0, 0.05) is 48.5 Å². The highest BCUT2D eigenvalue weighted by atomic mass is 35.5. The summed E-state index contributed by atoms with van der Waals surface area (Å²) >= 11 is 11.9. The van der Waals surface area contributed by atoms with E-state index >= 15 is 0 Å². The van der Waals surface area contributed by atoms with Crippen molar-refractivity contribution in [1.82, 2.24) is 19.8 Å². The molecular formula is C29H30Cl2FN5O3. The quantitative estimate of drug-likeness (QED) is 0.281. The molecule has 4 fully saturated rings. The van der Waals surface area contributed by atoms with Crippen LogP contribution in [0.5, 0.6) is 11.5 Å². The topological polar surface area (TPSA) is 79.8 Å². The Labute approximate surface area is 242 Å². The van der Waals surface area contributed by atoms with Gasteiger partial charge in [0.2, 0.25) is 5.91 Å². The van der Waals surface area contributed by atoms with Crippen molar-refractivity contribution in [1.29, 1.82) is 0 Å². The highest BCUT2D eigenvalue weighted by Crippen LogP contribution is 2.45. The van der Waals surface area contributed by atoms with Gasteiger partial charge in [-0.15, -0.1) is 0 Å². The lowest BCUT2D eigenvalue weighted by atomic mass is 9.68. The second-order valence-electron chi connectivity index (χ2n) is 10.7. The minimum Gasteiger partial charge on any atom is -0.493 e. The Hall–Kier alpha value is -3.14. The first-order valence-corrected chi connectivity index (χ1v) is 14.1. The van der Waals surface area contributed by atoms with Crippen molar-refractivity contribution >= 4 is 51.5 Å². The van der Waals surface area contributed by atoms with Gasteiger partial charge in [0.1, 0.15) is 18.2 Å². The smallest absolute Gasteiger partial charge is 0.246 e. The van der Waals surface area contributed by atoms with Crippen LogP contribution in [0, 0.1) is 17.7 Å². The lowest BCUT2D eigenvalue weighted by molar-refractivity contribution is -0.142. The molecule has 2 aromatic carbocycles. The number of nitrogens with one attached hydrogen (secondary N) is 1. The molecule has 1 aromatic heterocycles. The molecule has 210 valence electrons. The molecule has 1 saturated carbocycles. The number of amides is 1. The Balaban J connectivity index is 1.19. The van der Waals surface area contributed by atoms with E-state index in [0.717, 1.165) is 19.4 Å². The zero-order valence-electron chi connectivity index (χ0n) is 22.2. The number of ether oxygens (including phenoxy) is 2. The molecule has 3 saturated heterocycles. The lowest BCUT2D eigenvalue weighted by Gasteiger charge is -2.52. The maximum atomic E-state index is 14.7. The summed E-state index contributed by atoms with van der Waals surface area (Å²) in [5, 5.41) is 3.60. The number of carbonyl (C=O) groups excluding carboxylic acids is 1. The molecule has 7 rings (SSSR count). The third-order valence-corrected chi connectivity index (χ3v) is 9.05. The number of methoxy groups -OCH3 is 1. The van der Waals surface area contributed by atoms with Gasteiger partial charge in [0.05, 0.1) is 28.4 Å². The van der Waals surface area contributed by atoms with Crippen LogP contribution in [0.15, 0.2) is 42.7 Å². The number of anilines is 2. The standard InChI is InChI=1S/C29H30Cl2FN5O3/c1-36-9-3-4-18(36)5-8-25(38)37-13-16-10-17(14-37)28(16)40-24-11-19-22(12-23(24)39-2)33-15-34-29(19)35-21-7-6-20(30)26(31)27(21)32/h5-8,11-12,15-18,28H,3-4,9-10,13-14H2,1-2H3,(H,33,34,35)/b8-5+/t16-,17+,18?,28?. The van der Waals surface area contributed by atoms with Crippen molar-refractivity contribution in [3.8, 4) is 11.5 Å². The monoisotopic (exact) mass is 585 g/mol. The molecule has 2 bridgehead atoms. The van der Waals surface area contributed by atoms with Gasteiger partial charge in [-0.1, -0.05) is 29.3 Å². The molecule has 1 aliphatic carbocycles. The van der Waals surface area contributed by atoms with E-state index in [-0.39, 0.29) is 39.6 Å². The maximum Gasteiger partial charge on any atom is 0.246 e. The first kappa shape index (κ1) is 27.1. The van der Waals surface area contributed by atoms with Crippen LogP contribution < -0.4 is 14.8 Å². The number of likely N-dealkylation sites (tertiary alicyclic amines) is 1. The summed E-state index contributed by atoms with van der Waals surface area (Å²) in [5.74, 6) is 1.35. The molecule has 1 amide bonds. The van der Waals surface area contributed by atoms with E-state index in [1.165, 1.54) is 24.9 Å². The molecule has 0 radical (unpaired) electrons. The summed E-state index contributed by atoms with van der Waals surface area (Å²) in [6.45, 7) is 2.39. The van der Waals surface area contributed by atoms with Crippen LogP contribution in [-0.4, -0.2) is 71.6 Å². The Morgan fingerprint density at radius 3 is 2.70 bits per heavy atom. The van der Waals surface area contributed by atoms with Crippen LogP contribution in [0.25, 0.3) is 10.9 Å².